The fourth-order valence-corrected chi connectivity index (χ4v) is 5.16. The fraction of sp³-hybridized carbons (Fsp3) is 0.500. The molecule has 8 heteroatoms. The molecule has 2 aromatic carbocycles. The lowest BCUT2D eigenvalue weighted by Crippen LogP contribution is -2.42. The van der Waals surface area contributed by atoms with Crippen LogP contribution in [0.15, 0.2) is 48.0 Å². The van der Waals surface area contributed by atoms with Gasteiger partial charge in [-0.1, -0.05) is 31.9 Å². The zero-order valence-electron chi connectivity index (χ0n) is 24.2. The first-order chi connectivity index (χ1) is 19.3. The summed E-state index contributed by atoms with van der Waals surface area (Å²) in [7, 11) is 0. The van der Waals surface area contributed by atoms with Crippen LogP contribution < -0.4 is 9.47 Å². The maximum atomic E-state index is 13.4. The van der Waals surface area contributed by atoms with Crippen molar-refractivity contribution >= 4 is 17.4 Å². The number of benzene rings is 2. The van der Waals surface area contributed by atoms with Crippen molar-refractivity contribution in [2.45, 2.75) is 59.1 Å². The molecule has 1 atom stereocenters. The van der Waals surface area contributed by atoms with Gasteiger partial charge in [0.15, 0.2) is 0 Å². The lowest BCUT2D eigenvalue weighted by molar-refractivity contribution is -0.140. The van der Waals surface area contributed by atoms with Crippen molar-refractivity contribution < 1.29 is 28.9 Å². The largest absolute Gasteiger partial charge is 0.507 e. The number of carbonyl (C=O) groups is 2. The highest BCUT2D eigenvalue weighted by atomic mass is 16.5. The second-order valence-corrected chi connectivity index (χ2v) is 10.7. The Labute approximate surface area is 237 Å². The van der Waals surface area contributed by atoms with Gasteiger partial charge >= 0.3 is 0 Å². The molecule has 0 aliphatic carbocycles. The van der Waals surface area contributed by atoms with E-state index in [0.717, 1.165) is 49.2 Å². The van der Waals surface area contributed by atoms with Gasteiger partial charge in [0, 0.05) is 31.7 Å². The molecule has 0 aromatic heterocycles. The van der Waals surface area contributed by atoms with Gasteiger partial charge < -0.3 is 24.2 Å². The normalized spacial score (nSPS) is 19.4. The monoisotopic (exact) mass is 550 g/mol. The Hall–Kier alpha value is -3.36. The molecule has 2 aromatic rings. The van der Waals surface area contributed by atoms with Crippen molar-refractivity contribution in [1.82, 2.24) is 9.80 Å². The summed E-state index contributed by atoms with van der Waals surface area (Å²) in [6.45, 7) is 12.4. The standard InChI is InChI=1S/C32H42N2O6/c1-5-6-7-18-39-26-11-8-24(9-12-26)29-28(30(35)25-10-13-27(23(4)21-25)40-22(2)3)31(36)32(37)34(29)15-14-33-16-19-38-20-17-33/h8-13,21-22,29,35H,5-7,14-20H2,1-4H3. The molecule has 2 aliphatic rings. The van der Waals surface area contributed by atoms with Gasteiger partial charge in [-0.2, -0.15) is 0 Å². The van der Waals surface area contributed by atoms with E-state index in [1.165, 1.54) is 0 Å². The highest BCUT2D eigenvalue weighted by Gasteiger charge is 2.46. The van der Waals surface area contributed by atoms with E-state index in [-0.39, 0.29) is 17.4 Å². The number of rotatable bonds is 12. The summed E-state index contributed by atoms with van der Waals surface area (Å²) in [5, 5.41) is 11.5. The van der Waals surface area contributed by atoms with Crippen molar-refractivity contribution in [3.05, 3.63) is 64.7 Å². The van der Waals surface area contributed by atoms with Crippen LogP contribution in [0.4, 0.5) is 0 Å². The molecular weight excluding hydrogens is 508 g/mol. The molecular formula is C32H42N2O6. The highest BCUT2D eigenvalue weighted by molar-refractivity contribution is 6.46. The zero-order valence-corrected chi connectivity index (χ0v) is 24.2. The third-order valence-electron chi connectivity index (χ3n) is 7.32. The number of aliphatic hydroxyl groups is 1. The summed E-state index contributed by atoms with van der Waals surface area (Å²) in [6, 6.07) is 12.1. The first-order valence-corrected chi connectivity index (χ1v) is 14.4. The summed E-state index contributed by atoms with van der Waals surface area (Å²) in [6.07, 6.45) is 3.23. The maximum Gasteiger partial charge on any atom is 0.295 e. The minimum atomic E-state index is -0.706. The summed E-state index contributed by atoms with van der Waals surface area (Å²) in [5.41, 5.74) is 2.15. The average molecular weight is 551 g/mol. The molecule has 0 saturated carbocycles. The quantitative estimate of drug-likeness (QED) is 0.170. The van der Waals surface area contributed by atoms with E-state index in [2.05, 4.69) is 11.8 Å². The number of morpholine rings is 1. The van der Waals surface area contributed by atoms with E-state index < -0.39 is 17.7 Å². The second kappa shape index (κ2) is 13.8. The summed E-state index contributed by atoms with van der Waals surface area (Å²) in [4.78, 5) is 30.6. The number of likely N-dealkylation sites (tertiary alicyclic amines) is 1. The molecule has 1 N–H and O–H groups in total. The van der Waals surface area contributed by atoms with Crippen LogP contribution in [-0.4, -0.2) is 78.7 Å². The Morgan fingerprint density at radius 1 is 1.05 bits per heavy atom. The number of aryl methyl sites for hydroxylation is 1. The van der Waals surface area contributed by atoms with Gasteiger partial charge in [0.2, 0.25) is 0 Å². The number of amides is 1. The summed E-state index contributed by atoms with van der Waals surface area (Å²) in [5.74, 6) is -0.0119. The number of carbonyl (C=O) groups excluding carboxylic acids is 2. The van der Waals surface area contributed by atoms with Gasteiger partial charge in [-0.25, -0.2) is 0 Å². The Balaban J connectivity index is 1.67. The minimum absolute atomic E-state index is 0.00790. The van der Waals surface area contributed by atoms with Crippen molar-refractivity contribution in [1.29, 1.82) is 0 Å². The van der Waals surface area contributed by atoms with Crippen LogP contribution in [0.5, 0.6) is 11.5 Å². The second-order valence-electron chi connectivity index (χ2n) is 10.7. The van der Waals surface area contributed by atoms with Crippen molar-refractivity contribution in [2.24, 2.45) is 0 Å². The smallest absolute Gasteiger partial charge is 0.295 e. The molecule has 0 radical (unpaired) electrons. The highest BCUT2D eigenvalue weighted by Crippen LogP contribution is 2.40. The molecule has 2 saturated heterocycles. The van der Waals surface area contributed by atoms with E-state index in [0.29, 0.717) is 44.2 Å². The lowest BCUT2D eigenvalue weighted by Gasteiger charge is -2.31. The molecule has 0 spiro atoms. The van der Waals surface area contributed by atoms with Gasteiger partial charge in [0.05, 0.1) is 37.5 Å². The molecule has 8 nitrogen and oxygen atoms in total. The van der Waals surface area contributed by atoms with E-state index in [1.54, 1.807) is 23.1 Å². The van der Waals surface area contributed by atoms with Crippen LogP contribution in [0.1, 0.15) is 62.8 Å². The Morgan fingerprint density at radius 3 is 2.42 bits per heavy atom. The summed E-state index contributed by atoms with van der Waals surface area (Å²) >= 11 is 0. The molecule has 2 aliphatic heterocycles. The Morgan fingerprint density at radius 2 is 1.77 bits per heavy atom. The summed E-state index contributed by atoms with van der Waals surface area (Å²) < 4.78 is 17.2. The molecule has 0 bridgehead atoms. The van der Waals surface area contributed by atoms with Crippen molar-refractivity contribution in [3.8, 4) is 11.5 Å². The first kappa shape index (κ1) is 29.6. The van der Waals surface area contributed by atoms with E-state index >= 15 is 0 Å². The molecule has 1 unspecified atom stereocenters. The number of hydrogen-bond donors (Lipinski definition) is 1. The fourth-order valence-electron chi connectivity index (χ4n) is 5.16. The predicted octanol–water partition coefficient (Wildman–Crippen LogP) is 5.11. The van der Waals surface area contributed by atoms with Crippen LogP contribution in [-0.2, 0) is 14.3 Å². The number of ketones is 1. The number of ether oxygens (including phenoxy) is 3. The molecule has 40 heavy (non-hydrogen) atoms. The Bertz CT molecular complexity index is 1200. The van der Waals surface area contributed by atoms with Gasteiger partial charge in [0.25, 0.3) is 11.7 Å². The topological polar surface area (TPSA) is 88.5 Å². The number of aliphatic hydroxyl groups excluding tert-OH is 1. The third kappa shape index (κ3) is 7.04. The Kier molecular flexibility index (Phi) is 10.2. The van der Waals surface area contributed by atoms with E-state index in [4.69, 9.17) is 14.2 Å². The molecule has 1 amide bonds. The predicted molar refractivity (Wildman–Crippen MR) is 155 cm³/mol. The number of nitrogens with zero attached hydrogens (tertiary/aromatic N) is 2. The van der Waals surface area contributed by atoms with Crippen LogP contribution in [0, 0.1) is 6.92 Å². The minimum Gasteiger partial charge on any atom is -0.507 e. The molecule has 2 fully saturated rings. The van der Waals surface area contributed by atoms with Crippen LogP contribution in [0.25, 0.3) is 5.76 Å². The first-order valence-electron chi connectivity index (χ1n) is 14.4. The molecule has 216 valence electrons. The van der Waals surface area contributed by atoms with Gasteiger partial charge in [-0.15, -0.1) is 0 Å². The van der Waals surface area contributed by atoms with Crippen molar-refractivity contribution in [2.75, 3.05) is 46.0 Å². The number of hydrogen-bond acceptors (Lipinski definition) is 7. The van der Waals surface area contributed by atoms with Crippen LogP contribution in [0.3, 0.4) is 0 Å². The number of Topliss-reactive ketones (excluding diaryl/α,β-unsaturated/α-hetero) is 1. The van der Waals surface area contributed by atoms with E-state index in [9.17, 15) is 14.7 Å². The molecule has 4 rings (SSSR count). The zero-order chi connectivity index (χ0) is 28.6. The number of unbranched alkanes of at least 4 members (excludes halogenated alkanes) is 2. The van der Waals surface area contributed by atoms with E-state index in [1.807, 2.05) is 45.0 Å². The van der Waals surface area contributed by atoms with Crippen molar-refractivity contribution in [3.63, 3.8) is 0 Å². The SMILES string of the molecule is CCCCCOc1ccc(C2C(=C(O)c3ccc(OC(C)C)c(C)c3)C(=O)C(=O)N2CCN2CCOCC2)cc1. The molecule has 2 heterocycles. The van der Waals surface area contributed by atoms with Crippen LogP contribution in [0.2, 0.25) is 0 Å². The van der Waals surface area contributed by atoms with Gasteiger partial charge in [-0.3, -0.25) is 14.5 Å². The van der Waals surface area contributed by atoms with Gasteiger partial charge in [0.1, 0.15) is 17.3 Å². The average Bonchev–Trinajstić information content (AvgIpc) is 3.20. The lowest BCUT2D eigenvalue weighted by atomic mass is 9.94. The van der Waals surface area contributed by atoms with Crippen LogP contribution >= 0.6 is 0 Å². The third-order valence-corrected chi connectivity index (χ3v) is 7.32. The maximum absolute atomic E-state index is 13.4. The van der Waals surface area contributed by atoms with Gasteiger partial charge in [-0.05, 0) is 68.7 Å².